The number of imidazole rings is 1. The summed E-state index contributed by atoms with van der Waals surface area (Å²) in [5.41, 5.74) is 1.80. The van der Waals surface area contributed by atoms with Gasteiger partial charge in [0.25, 0.3) is 0 Å². The topological polar surface area (TPSA) is 46.9 Å². The van der Waals surface area contributed by atoms with Crippen LogP contribution in [0.1, 0.15) is 17.8 Å². The van der Waals surface area contributed by atoms with Gasteiger partial charge in [0, 0.05) is 42.0 Å². The summed E-state index contributed by atoms with van der Waals surface area (Å²) in [7, 11) is 0. The number of aromatic nitrogens is 2. The van der Waals surface area contributed by atoms with Crippen LogP contribution in [0.2, 0.25) is 5.02 Å². The number of hydrogen-bond acceptors (Lipinski definition) is 2. The first-order valence-electron chi connectivity index (χ1n) is 6.70. The Kier molecular flexibility index (Phi) is 3.49. The number of rotatable bonds is 2. The zero-order valence-corrected chi connectivity index (χ0v) is 12.0. The van der Waals surface area contributed by atoms with Gasteiger partial charge in [0.1, 0.15) is 5.82 Å². The number of hydrogen-bond donors (Lipinski definition) is 1. The van der Waals surface area contributed by atoms with Gasteiger partial charge < -0.3 is 9.88 Å². The van der Waals surface area contributed by atoms with E-state index < -0.39 is 0 Å². The minimum Gasteiger partial charge on any atom is -0.335 e. The van der Waals surface area contributed by atoms with Crippen molar-refractivity contribution in [3.63, 3.8) is 0 Å². The highest BCUT2D eigenvalue weighted by molar-refractivity contribution is 6.31. The monoisotopic (exact) mass is 289 g/mol. The minimum absolute atomic E-state index is 0.0247. The van der Waals surface area contributed by atoms with E-state index in [0.29, 0.717) is 11.4 Å². The van der Waals surface area contributed by atoms with Crippen LogP contribution in [0, 0.1) is 12.8 Å². The van der Waals surface area contributed by atoms with Crippen molar-refractivity contribution >= 4 is 23.2 Å². The quantitative estimate of drug-likeness (QED) is 0.924. The Morgan fingerprint density at radius 3 is 3.20 bits per heavy atom. The van der Waals surface area contributed by atoms with Crippen LogP contribution in [0.15, 0.2) is 30.6 Å². The fourth-order valence-electron chi connectivity index (χ4n) is 2.54. The summed E-state index contributed by atoms with van der Waals surface area (Å²) in [6, 6.07) is 5.52. The Morgan fingerprint density at radius 1 is 1.50 bits per heavy atom. The molecule has 3 rings (SSSR count). The van der Waals surface area contributed by atoms with Gasteiger partial charge in [-0.15, -0.1) is 0 Å². The molecular formula is C15H16ClN3O. The number of nitrogens with one attached hydrogen (secondary N) is 1. The van der Waals surface area contributed by atoms with Gasteiger partial charge in [-0.1, -0.05) is 17.7 Å². The van der Waals surface area contributed by atoms with Crippen molar-refractivity contribution in [1.29, 1.82) is 0 Å². The predicted octanol–water partition coefficient (Wildman–Crippen LogP) is 3.05. The molecule has 0 saturated carbocycles. The molecule has 1 aromatic heterocycles. The van der Waals surface area contributed by atoms with Crippen LogP contribution in [0.25, 0.3) is 0 Å². The molecule has 0 fully saturated rings. The standard InChI is InChI=1S/C15H16ClN3O/c1-10-2-3-12(16)9-13(10)18-15(20)11-4-6-19-7-5-17-14(19)8-11/h2-3,5,7,9,11H,4,6,8H2,1H3,(H,18,20). The Hall–Kier alpha value is -1.81. The third kappa shape index (κ3) is 2.56. The number of nitrogens with zero attached hydrogens (tertiary/aromatic N) is 2. The SMILES string of the molecule is Cc1ccc(Cl)cc1NC(=O)C1CCn2ccnc2C1. The van der Waals surface area contributed by atoms with Gasteiger partial charge in [0.15, 0.2) is 0 Å². The second-order valence-electron chi connectivity index (χ2n) is 5.18. The fraction of sp³-hybridized carbons (Fsp3) is 0.333. The number of halogens is 1. The molecule has 0 saturated heterocycles. The molecule has 2 heterocycles. The van der Waals surface area contributed by atoms with E-state index in [4.69, 9.17) is 11.6 Å². The molecule has 0 bridgehead atoms. The van der Waals surface area contributed by atoms with Gasteiger partial charge in [-0.25, -0.2) is 4.98 Å². The summed E-state index contributed by atoms with van der Waals surface area (Å²) < 4.78 is 2.11. The average Bonchev–Trinajstić information content (AvgIpc) is 2.90. The normalized spacial score (nSPS) is 17.6. The van der Waals surface area contributed by atoms with E-state index >= 15 is 0 Å². The first-order valence-corrected chi connectivity index (χ1v) is 7.08. The van der Waals surface area contributed by atoms with Gasteiger partial charge in [-0.05, 0) is 31.0 Å². The largest absolute Gasteiger partial charge is 0.335 e. The number of anilines is 1. The minimum atomic E-state index is -0.0247. The highest BCUT2D eigenvalue weighted by Crippen LogP contribution is 2.24. The second-order valence-corrected chi connectivity index (χ2v) is 5.61. The molecule has 1 amide bonds. The number of amides is 1. The molecule has 0 spiro atoms. The lowest BCUT2D eigenvalue weighted by Crippen LogP contribution is -2.30. The highest BCUT2D eigenvalue weighted by Gasteiger charge is 2.25. The van der Waals surface area contributed by atoms with E-state index in [1.54, 1.807) is 12.3 Å². The molecule has 1 unspecified atom stereocenters. The molecule has 1 aromatic carbocycles. The zero-order chi connectivity index (χ0) is 14.1. The lowest BCUT2D eigenvalue weighted by Gasteiger charge is -2.23. The maximum atomic E-state index is 12.4. The van der Waals surface area contributed by atoms with Crippen LogP contribution in [0.3, 0.4) is 0 Å². The van der Waals surface area contributed by atoms with E-state index in [1.165, 1.54) is 0 Å². The first kappa shape index (κ1) is 13.2. The van der Waals surface area contributed by atoms with Crippen molar-refractivity contribution in [2.75, 3.05) is 5.32 Å². The number of benzene rings is 1. The molecular weight excluding hydrogens is 274 g/mol. The molecule has 0 radical (unpaired) electrons. The summed E-state index contributed by atoms with van der Waals surface area (Å²) in [5.74, 6) is 1.01. The van der Waals surface area contributed by atoms with Crippen molar-refractivity contribution in [2.24, 2.45) is 5.92 Å². The maximum absolute atomic E-state index is 12.4. The van der Waals surface area contributed by atoms with E-state index in [1.807, 2.05) is 25.3 Å². The Balaban J connectivity index is 1.73. The Labute approximate surface area is 122 Å². The molecule has 104 valence electrons. The van der Waals surface area contributed by atoms with Crippen molar-refractivity contribution in [3.05, 3.63) is 47.0 Å². The van der Waals surface area contributed by atoms with Crippen molar-refractivity contribution in [2.45, 2.75) is 26.3 Å². The second kappa shape index (κ2) is 5.29. The molecule has 1 aliphatic heterocycles. The fourth-order valence-corrected chi connectivity index (χ4v) is 2.71. The van der Waals surface area contributed by atoms with Gasteiger partial charge in [0.05, 0.1) is 0 Å². The summed E-state index contributed by atoms with van der Waals surface area (Å²) in [6.07, 6.45) is 5.29. The molecule has 1 aliphatic rings. The van der Waals surface area contributed by atoms with Crippen LogP contribution in [-0.2, 0) is 17.8 Å². The third-order valence-electron chi connectivity index (χ3n) is 3.78. The van der Waals surface area contributed by atoms with Crippen LogP contribution >= 0.6 is 11.6 Å². The van der Waals surface area contributed by atoms with Gasteiger partial charge >= 0.3 is 0 Å². The number of aryl methyl sites for hydroxylation is 2. The molecule has 20 heavy (non-hydrogen) atoms. The Morgan fingerprint density at radius 2 is 2.35 bits per heavy atom. The van der Waals surface area contributed by atoms with Gasteiger partial charge in [0.2, 0.25) is 5.91 Å². The van der Waals surface area contributed by atoms with Crippen LogP contribution < -0.4 is 5.32 Å². The van der Waals surface area contributed by atoms with Crippen molar-refractivity contribution in [1.82, 2.24) is 9.55 Å². The van der Waals surface area contributed by atoms with Gasteiger partial charge in [-0.3, -0.25) is 4.79 Å². The van der Waals surface area contributed by atoms with Crippen molar-refractivity contribution < 1.29 is 4.79 Å². The lowest BCUT2D eigenvalue weighted by molar-refractivity contribution is -0.120. The average molecular weight is 290 g/mol. The Bertz CT molecular complexity index is 650. The van der Waals surface area contributed by atoms with Crippen LogP contribution in [0.5, 0.6) is 0 Å². The molecule has 1 N–H and O–H groups in total. The third-order valence-corrected chi connectivity index (χ3v) is 4.01. The number of carbonyl (C=O) groups excluding carboxylic acids is 1. The number of carbonyl (C=O) groups is 1. The summed E-state index contributed by atoms with van der Waals surface area (Å²) in [6.45, 7) is 2.81. The van der Waals surface area contributed by atoms with Crippen molar-refractivity contribution in [3.8, 4) is 0 Å². The molecule has 2 aromatic rings. The van der Waals surface area contributed by atoms with Crippen LogP contribution in [0.4, 0.5) is 5.69 Å². The number of fused-ring (bicyclic) bond motifs is 1. The van der Waals surface area contributed by atoms with Gasteiger partial charge in [-0.2, -0.15) is 0 Å². The van der Waals surface area contributed by atoms with E-state index in [9.17, 15) is 4.79 Å². The van der Waals surface area contributed by atoms with E-state index in [2.05, 4.69) is 14.9 Å². The smallest absolute Gasteiger partial charge is 0.228 e. The first-order chi connectivity index (χ1) is 9.63. The molecule has 0 aliphatic carbocycles. The summed E-state index contributed by atoms with van der Waals surface area (Å²) in [5, 5.41) is 3.61. The predicted molar refractivity (Wildman–Crippen MR) is 78.9 cm³/mol. The highest BCUT2D eigenvalue weighted by atomic mass is 35.5. The summed E-state index contributed by atoms with van der Waals surface area (Å²) >= 11 is 5.97. The zero-order valence-electron chi connectivity index (χ0n) is 11.3. The molecule has 4 nitrogen and oxygen atoms in total. The molecule has 5 heteroatoms. The lowest BCUT2D eigenvalue weighted by atomic mass is 9.96. The van der Waals surface area contributed by atoms with E-state index in [-0.39, 0.29) is 11.8 Å². The molecule has 1 atom stereocenters. The maximum Gasteiger partial charge on any atom is 0.228 e. The van der Waals surface area contributed by atoms with E-state index in [0.717, 1.165) is 30.0 Å². The van der Waals surface area contributed by atoms with Crippen LogP contribution in [-0.4, -0.2) is 15.5 Å². The summed E-state index contributed by atoms with van der Waals surface area (Å²) in [4.78, 5) is 16.7.